The van der Waals surface area contributed by atoms with Crippen molar-refractivity contribution in [2.45, 2.75) is 56.4 Å². The number of carbonyl (C=O) groups is 3. The van der Waals surface area contributed by atoms with Gasteiger partial charge in [0.15, 0.2) is 0 Å². The molecule has 1 aromatic carbocycles. The number of benzene rings is 1. The summed E-state index contributed by atoms with van der Waals surface area (Å²) in [5, 5.41) is 3.44. The van der Waals surface area contributed by atoms with E-state index in [4.69, 9.17) is 0 Å². The van der Waals surface area contributed by atoms with Crippen molar-refractivity contribution >= 4 is 17.8 Å². The molecule has 1 atom stereocenters. The molecule has 2 aliphatic rings. The molecule has 2 fully saturated rings. The Hall–Kier alpha value is -2.58. The lowest BCUT2D eigenvalue weighted by atomic mass is 10.1. The highest BCUT2D eigenvalue weighted by atomic mass is 19.4. The molecule has 0 radical (unpaired) electrons. The average molecular weight is 383 g/mol. The van der Waals surface area contributed by atoms with E-state index in [1.165, 1.54) is 0 Å². The first-order valence-electron chi connectivity index (χ1n) is 8.82. The van der Waals surface area contributed by atoms with Crippen LogP contribution in [0.2, 0.25) is 0 Å². The van der Waals surface area contributed by atoms with Crippen molar-refractivity contribution < 1.29 is 27.6 Å². The van der Waals surface area contributed by atoms with E-state index in [0.717, 1.165) is 18.4 Å². The van der Waals surface area contributed by atoms with E-state index in [0.29, 0.717) is 17.7 Å². The molecule has 1 aliphatic heterocycles. The van der Waals surface area contributed by atoms with E-state index in [-0.39, 0.29) is 12.8 Å². The minimum Gasteiger partial charge on any atom is -0.318 e. The molecule has 6 nitrogen and oxygen atoms in total. The molecule has 3 rings (SSSR count). The summed E-state index contributed by atoms with van der Waals surface area (Å²) in [6.07, 6.45) is -2.77. The third-order valence-corrected chi connectivity index (χ3v) is 4.98. The van der Waals surface area contributed by atoms with Gasteiger partial charge in [-0.15, -0.1) is 0 Å². The molecule has 0 bridgehead atoms. The fourth-order valence-electron chi connectivity index (χ4n) is 3.56. The van der Waals surface area contributed by atoms with Crippen LogP contribution in [-0.2, 0) is 16.0 Å². The number of rotatable bonds is 5. The molecule has 1 saturated heterocycles. The Bertz CT molecular complexity index is 732. The van der Waals surface area contributed by atoms with Crippen LogP contribution in [0.15, 0.2) is 30.3 Å². The number of nitrogens with zero attached hydrogens (tertiary/aromatic N) is 1. The number of hydrogen-bond donors (Lipinski definition) is 2. The van der Waals surface area contributed by atoms with Gasteiger partial charge >= 0.3 is 12.2 Å². The Labute approximate surface area is 154 Å². The highest BCUT2D eigenvalue weighted by Gasteiger charge is 2.69. The summed E-state index contributed by atoms with van der Waals surface area (Å²) in [7, 11) is 0. The van der Waals surface area contributed by atoms with Crippen LogP contribution in [0.5, 0.6) is 0 Å². The van der Waals surface area contributed by atoms with E-state index in [9.17, 15) is 27.6 Å². The van der Waals surface area contributed by atoms with E-state index in [1.807, 2.05) is 0 Å². The van der Waals surface area contributed by atoms with Crippen molar-refractivity contribution in [2.24, 2.45) is 0 Å². The molecule has 9 heteroatoms. The van der Waals surface area contributed by atoms with Crippen LogP contribution < -0.4 is 10.6 Å². The number of urea groups is 1. The summed E-state index contributed by atoms with van der Waals surface area (Å²) in [6, 6.07) is 7.10. The maximum Gasteiger partial charge on any atom is 0.440 e. The van der Waals surface area contributed by atoms with Crippen LogP contribution in [0.1, 0.15) is 37.7 Å². The minimum atomic E-state index is -5.16. The van der Waals surface area contributed by atoms with Crippen LogP contribution in [0.25, 0.3) is 0 Å². The lowest BCUT2D eigenvalue weighted by Crippen LogP contribution is -2.69. The zero-order chi connectivity index (χ0) is 19.7. The van der Waals surface area contributed by atoms with Gasteiger partial charge in [0.25, 0.3) is 11.6 Å². The molecule has 0 aromatic heterocycles. The number of amides is 4. The predicted molar refractivity (Wildman–Crippen MR) is 89.3 cm³/mol. The second-order valence-electron chi connectivity index (χ2n) is 6.83. The summed E-state index contributed by atoms with van der Waals surface area (Å²) in [6.45, 7) is 0. The van der Waals surface area contributed by atoms with Gasteiger partial charge in [-0.2, -0.15) is 13.2 Å². The molecule has 1 saturated carbocycles. The first-order chi connectivity index (χ1) is 12.7. The molecule has 0 spiro atoms. The lowest BCUT2D eigenvalue weighted by Gasteiger charge is -2.30. The summed E-state index contributed by atoms with van der Waals surface area (Å²) >= 11 is 0. The number of hydrogen-bond acceptors (Lipinski definition) is 3. The van der Waals surface area contributed by atoms with Crippen molar-refractivity contribution in [3.63, 3.8) is 0 Å². The van der Waals surface area contributed by atoms with Crippen LogP contribution in [0.3, 0.4) is 0 Å². The van der Waals surface area contributed by atoms with Crippen molar-refractivity contribution in [3.05, 3.63) is 35.9 Å². The lowest BCUT2D eigenvalue weighted by molar-refractivity contribution is -0.204. The van der Waals surface area contributed by atoms with Gasteiger partial charge in [-0.25, -0.2) is 4.79 Å². The molecule has 27 heavy (non-hydrogen) atoms. The first-order valence-corrected chi connectivity index (χ1v) is 8.82. The van der Waals surface area contributed by atoms with E-state index in [2.05, 4.69) is 0 Å². The number of halogens is 3. The van der Waals surface area contributed by atoms with Gasteiger partial charge in [-0.05, 0) is 24.8 Å². The SMILES string of the molecule is O=C(CCc1ccccc1)NC1(C(F)(F)F)NC(=O)N(C2CCCC2)C1=O. The molecule has 1 unspecified atom stereocenters. The van der Waals surface area contributed by atoms with E-state index in [1.54, 1.807) is 41.0 Å². The van der Waals surface area contributed by atoms with Crippen molar-refractivity contribution in [1.29, 1.82) is 0 Å². The Morgan fingerprint density at radius 2 is 1.81 bits per heavy atom. The third-order valence-electron chi connectivity index (χ3n) is 4.98. The molecule has 1 aliphatic carbocycles. The fourth-order valence-corrected chi connectivity index (χ4v) is 3.56. The molecule has 2 N–H and O–H groups in total. The van der Waals surface area contributed by atoms with Crippen molar-refractivity contribution in [1.82, 2.24) is 15.5 Å². The molecule has 146 valence electrons. The molecule has 1 aromatic rings. The van der Waals surface area contributed by atoms with E-state index < -0.39 is 35.7 Å². The third kappa shape index (κ3) is 3.63. The molecule has 1 heterocycles. The Morgan fingerprint density at radius 1 is 1.19 bits per heavy atom. The number of nitrogens with one attached hydrogen (secondary N) is 2. The Morgan fingerprint density at radius 3 is 2.41 bits per heavy atom. The highest BCUT2D eigenvalue weighted by Crippen LogP contribution is 2.37. The summed E-state index contributed by atoms with van der Waals surface area (Å²) in [5.74, 6) is -2.42. The number of alkyl halides is 3. The standard InChI is InChI=1S/C18H20F3N3O3/c19-18(20,21)17(22-14(25)11-10-12-6-2-1-3-7-12)15(26)24(16(27)23-17)13-8-4-5-9-13/h1-3,6-7,13H,4-5,8-11H2,(H,22,25)(H,23,27). The van der Waals surface area contributed by atoms with Crippen LogP contribution in [0, 0.1) is 0 Å². The monoisotopic (exact) mass is 383 g/mol. The van der Waals surface area contributed by atoms with Gasteiger partial charge in [0.2, 0.25) is 5.91 Å². The molecule has 4 amide bonds. The number of imide groups is 1. The van der Waals surface area contributed by atoms with Gasteiger partial charge in [0, 0.05) is 12.5 Å². The zero-order valence-corrected chi connectivity index (χ0v) is 14.5. The minimum absolute atomic E-state index is 0.217. The highest BCUT2D eigenvalue weighted by molar-refractivity contribution is 6.09. The van der Waals surface area contributed by atoms with Crippen LogP contribution >= 0.6 is 0 Å². The maximum atomic E-state index is 13.7. The largest absolute Gasteiger partial charge is 0.440 e. The van der Waals surface area contributed by atoms with Gasteiger partial charge in [0.1, 0.15) is 0 Å². The second-order valence-corrected chi connectivity index (χ2v) is 6.83. The second kappa shape index (κ2) is 7.21. The zero-order valence-electron chi connectivity index (χ0n) is 14.5. The fraction of sp³-hybridized carbons (Fsp3) is 0.500. The van der Waals surface area contributed by atoms with Gasteiger partial charge in [-0.3, -0.25) is 19.8 Å². The summed E-state index contributed by atoms with van der Waals surface area (Å²) in [4.78, 5) is 37.5. The summed E-state index contributed by atoms with van der Waals surface area (Å²) in [5.41, 5.74) is -2.62. The summed E-state index contributed by atoms with van der Waals surface area (Å²) < 4.78 is 41.2. The van der Waals surface area contributed by atoms with Crippen molar-refractivity contribution in [3.8, 4) is 0 Å². The predicted octanol–water partition coefficient (Wildman–Crippen LogP) is 2.49. The first kappa shape index (κ1) is 19.2. The van der Waals surface area contributed by atoms with Crippen LogP contribution in [0.4, 0.5) is 18.0 Å². The normalized spacial score (nSPS) is 23.6. The number of carbonyl (C=O) groups excluding carboxylic acids is 3. The van der Waals surface area contributed by atoms with Gasteiger partial charge in [-0.1, -0.05) is 43.2 Å². The maximum absolute atomic E-state index is 13.7. The quantitative estimate of drug-likeness (QED) is 0.767. The molecular formula is C18H20F3N3O3. The van der Waals surface area contributed by atoms with Gasteiger partial charge in [0.05, 0.1) is 0 Å². The molecular weight excluding hydrogens is 363 g/mol. The average Bonchev–Trinajstić information content (AvgIpc) is 3.21. The topological polar surface area (TPSA) is 78.5 Å². The van der Waals surface area contributed by atoms with Gasteiger partial charge < -0.3 is 5.32 Å². The van der Waals surface area contributed by atoms with Crippen molar-refractivity contribution in [2.75, 3.05) is 0 Å². The number of aryl methyl sites for hydroxylation is 1. The Kier molecular flexibility index (Phi) is 5.12. The Balaban J connectivity index is 1.76. The smallest absolute Gasteiger partial charge is 0.318 e. The van der Waals surface area contributed by atoms with Crippen LogP contribution in [-0.4, -0.2) is 40.6 Å². The van der Waals surface area contributed by atoms with E-state index >= 15 is 0 Å².